The molecule has 5 heteroatoms. The molecule has 98 valence electrons. The molecule has 2 aromatic carbocycles. The highest BCUT2D eigenvalue weighted by molar-refractivity contribution is 5.88. The Balaban J connectivity index is 2.58. The Kier molecular flexibility index (Phi) is 3.29. The number of halogens is 3. The van der Waals surface area contributed by atoms with Gasteiger partial charge in [0.25, 0.3) is 0 Å². The van der Waals surface area contributed by atoms with Crippen molar-refractivity contribution in [2.24, 2.45) is 0 Å². The summed E-state index contributed by atoms with van der Waals surface area (Å²) in [7, 11) is 0. The molecule has 0 unspecified atom stereocenters. The fourth-order valence-electron chi connectivity index (χ4n) is 1.73. The first-order valence-corrected chi connectivity index (χ1v) is 5.39. The Morgan fingerprint density at radius 2 is 1.74 bits per heavy atom. The van der Waals surface area contributed by atoms with Crippen LogP contribution in [0.3, 0.4) is 0 Å². The molecular weight excluding hydrogens is 257 g/mol. The third-order valence-electron chi connectivity index (χ3n) is 2.79. The lowest BCUT2D eigenvalue weighted by Crippen LogP contribution is -2.01. The van der Waals surface area contributed by atoms with E-state index in [0.717, 1.165) is 12.1 Å². The van der Waals surface area contributed by atoms with Crippen LogP contribution in [0.25, 0.3) is 11.1 Å². The van der Waals surface area contributed by atoms with E-state index in [-0.39, 0.29) is 16.7 Å². The van der Waals surface area contributed by atoms with Crippen LogP contribution < -0.4 is 0 Å². The van der Waals surface area contributed by atoms with Crippen LogP contribution >= 0.6 is 0 Å². The number of benzene rings is 2. The number of aryl methyl sites for hydroxylation is 1. The minimum absolute atomic E-state index is 0.0823. The molecular formula is C14H9F3O2. The van der Waals surface area contributed by atoms with Crippen molar-refractivity contribution in [3.8, 4) is 11.1 Å². The van der Waals surface area contributed by atoms with Crippen LogP contribution in [-0.2, 0) is 0 Å². The van der Waals surface area contributed by atoms with Gasteiger partial charge in [-0.1, -0.05) is 18.2 Å². The normalized spacial score (nSPS) is 10.5. The van der Waals surface area contributed by atoms with Crippen molar-refractivity contribution in [3.05, 3.63) is 58.9 Å². The Bertz CT molecular complexity index is 666. The Labute approximate surface area is 107 Å². The predicted molar refractivity (Wildman–Crippen MR) is 63.4 cm³/mol. The fourth-order valence-corrected chi connectivity index (χ4v) is 1.73. The number of hydrogen-bond donors (Lipinski definition) is 1. The largest absolute Gasteiger partial charge is 0.478 e. The molecule has 0 aliphatic rings. The summed E-state index contributed by atoms with van der Waals surface area (Å²) in [5, 5.41) is 8.69. The minimum atomic E-state index is -1.42. The molecule has 0 saturated carbocycles. The Hall–Kier alpha value is -2.30. The molecule has 0 amide bonds. The molecule has 0 aliphatic carbocycles. The van der Waals surface area contributed by atoms with Gasteiger partial charge < -0.3 is 5.11 Å². The Morgan fingerprint density at radius 3 is 2.32 bits per heavy atom. The standard InChI is InChI=1S/C14H9F3O2/c1-7-2-4-9(13(17)12(7)16)8-3-5-10(14(18)19)11(15)6-8/h2-6H,1H3,(H,18,19). The molecule has 0 bridgehead atoms. The molecule has 0 fully saturated rings. The number of carboxylic acid groups (broad SMARTS) is 1. The second kappa shape index (κ2) is 4.76. The highest BCUT2D eigenvalue weighted by atomic mass is 19.2. The molecule has 19 heavy (non-hydrogen) atoms. The van der Waals surface area contributed by atoms with Crippen molar-refractivity contribution in [1.29, 1.82) is 0 Å². The monoisotopic (exact) mass is 266 g/mol. The van der Waals surface area contributed by atoms with Gasteiger partial charge in [0.05, 0.1) is 5.56 Å². The van der Waals surface area contributed by atoms with Gasteiger partial charge in [0.15, 0.2) is 11.6 Å². The molecule has 2 nitrogen and oxygen atoms in total. The summed E-state index contributed by atoms with van der Waals surface area (Å²) in [6.07, 6.45) is 0. The minimum Gasteiger partial charge on any atom is -0.478 e. The quantitative estimate of drug-likeness (QED) is 0.898. The number of aromatic carboxylic acids is 1. The van der Waals surface area contributed by atoms with E-state index in [9.17, 15) is 18.0 Å². The van der Waals surface area contributed by atoms with Crippen LogP contribution in [0.5, 0.6) is 0 Å². The van der Waals surface area contributed by atoms with Gasteiger partial charge in [-0.3, -0.25) is 0 Å². The molecule has 0 spiro atoms. The second-order valence-electron chi connectivity index (χ2n) is 4.06. The topological polar surface area (TPSA) is 37.3 Å². The van der Waals surface area contributed by atoms with Gasteiger partial charge in [-0.25, -0.2) is 18.0 Å². The van der Waals surface area contributed by atoms with Crippen molar-refractivity contribution in [2.75, 3.05) is 0 Å². The summed E-state index contributed by atoms with van der Waals surface area (Å²) in [6.45, 7) is 1.41. The van der Waals surface area contributed by atoms with Crippen LogP contribution in [0, 0.1) is 24.4 Å². The zero-order chi connectivity index (χ0) is 14.2. The molecule has 0 saturated heterocycles. The van der Waals surface area contributed by atoms with Gasteiger partial charge in [0.2, 0.25) is 0 Å². The van der Waals surface area contributed by atoms with Gasteiger partial charge in [-0.2, -0.15) is 0 Å². The van der Waals surface area contributed by atoms with E-state index in [2.05, 4.69) is 0 Å². The first-order chi connectivity index (χ1) is 8.91. The molecule has 0 atom stereocenters. The third-order valence-corrected chi connectivity index (χ3v) is 2.79. The summed E-state index contributed by atoms with van der Waals surface area (Å²) in [5.41, 5.74) is -0.404. The van der Waals surface area contributed by atoms with Gasteiger partial charge in [0.1, 0.15) is 5.82 Å². The lowest BCUT2D eigenvalue weighted by molar-refractivity contribution is 0.0692. The van der Waals surface area contributed by atoms with Crippen LogP contribution in [0.1, 0.15) is 15.9 Å². The maximum Gasteiger partial charge on any atom is 0.338 e. The predicted octanol–water partition coefficient (Wildman–Crippen LogP) is 3.78. The van der Waals surface area contributed by atoms with Crippen molar-refractivity contribution in [1.82, 2.24) is 0 Å². The smallest absolute Gasteiger partial charge is 0.338 e. The molecule has 0 aromatic heterocycles. The summed E-state index contributed by atoms with van der Waals surface area (Å²) in [4.78, 5) is 10.7. The molecule has 0 heterocycles. The number of hydrogen-bond acceptors (Lipinski definition) is 1. The average Bonchev–Trinajstić information content (AvgIpc) is 2.35. The van der Waals surface area contributed by atoms with E-state index >= 15 is 0 Å². The highest BCUT2D eigenvalue weighted by Crippen LogP contribution is 2.27. The number of rotatable bonds is 2. The zero-order valence-electron chi connectivity index (χ0n) is 9.88. The number of carbonyl (C=O) groups is 1. The highest BCUT2D eigenvalue weighted by Gasteiger charge is 2.15. The molecule has 0 radical (unpaired) electrons. The summed E-state index contributed by atoms with van der Waals surface area (Å²) in [6, 6.07) is 5.82. The van der Waals surface area contributed by atoms with E-state index in [1.165, 1.54) is 25.1 Å². The van der Waals surface area contributed by atoms with Crippen molar-refractivity contribution >= 4 is 5.97 Å². The van der Waals surface area contributed by atoms with Gasteiger partial charge in [0, 0.05) is 5.56 Å². The van der Waals surface area contributed by atoms with E-state index in [1.807, 2.05) is 0 Å². The number of carboxylic acids is 1. The van der Waals surface area contributed by atoms with Crippen LogP contribution in [0.15, 0.2) is 30.3 Å². The first-order valence-electron chi connectivity index (χ1n) is 5.39. The lowest BCUT2D eigenvalue weighted by atomic mass is 10.0. The van der Waals surface area contributed by atoms with Crippen LogP contribution in [-0.4, -0.2) is 11.1 Å². The Morgan fingerprint density at radius 1 is 1.05 bits per heavy atom. The van der Waals surface area contributed by atoms with Crippen LogP contribution in [0.2, 0.25) is 0 Å². The third kappa shape index (κ3) is 2.31. The molecule has 2 rings (SSSR count). The van der Waals surface area contributed by atoms with Gasteiger partial charge in [-0.05, 0) is 30.2 Å². The fraction of sp³-hybridized carbons (Fsp3) is 0.0714. The molecule has 0 aliphatic heterocycles. The SMILES string of the molecule is Cc1ccc(-c2ccc(C(=O)O)c(F)c2)c(F)c1F. The van der Waals surface area contributed by atoms with Gasteiger partial charge in [-0.15, -0.1) is 0 Å². The molecule has 2 aromatic rings. The van der Waals surface area contributed by atoms with Crippen molar-refractivity contribution < 1.29 is 23.1 Å². The maximum absolute atomic E-state index is 13.7. The van der Waals surface area contributed by atoms with E-state index in [1.54, 1.807) is 0 Å². The van der Waals surface area contributed by atoms with Gasteiger partial charge >= 0.3 is 5.97 Å². The second-order valence-corrected chi connectivity index (χ2v) is 4.06. The van der Waals surface area contributed by atoms with Crippen molar-refractivity contribution in [3.63, 3.8) is 0 Å². The van der Waals surface area contributed by atoms with E-state index in [0.29, 0.717) is 0 Å². The van der Waals surface area contributed by atoms with E-state index < -0.39 is 29.0 Å². The van der Waals surface area contributed by atoms with Crippen molar-refractivity contribution in [2.45, 2.75) is 6.92 Å². The van der Waals surface area contributed by atoms with E-state index in [4.69, 9.17) is 5.11 Å². The first kappa shape index (κ1) is 13.1. The lowest BCUT2D eigenvalue weighted by Gasteiger charge is -2.07. The average molecular weight is 266 g/mol. The molecule has 1 N–H and O–H groups in total. The maximum atomic E-state index is 13.7. The van der Waals surface area contributed by atoms with Crippen LogP contribution in [0.4, 0.5) is 13.2 Å². The summed E-state index contributed by atoms with van der Waals surface area (Å²) >= 11 is 0. The zero-order valence-corrected chi connectivity index (χ0v) is 9.88. The summed E-state index contributed by atoms with van der Waals surface area (Å²) in [5.74, 6) is -4.49. The summed E-state index contributed by atoms with van der Waals surface area (Å²) < 4.78 is 40.6.